The number of carbonyl (C=O) groups is 1. The second kappa shape index (κ2) is 8.40. The molecule has 0 radical (unpaired) electrons. The number of nitrogens with zero attached hydrogens (tertiary/aromatic N) is 3. The molecule has 6 heteroatoms. The van der Waals surface area contributed by atoms with E-state index in [1.54, 1.807) is 11.3 Å². The van der Waals surface area contributed by atoms with Gasteiger partial charge in [0.25, 0.3) is 0 Å². The number of rotatable bonds is 6. The van der Waals surface area contributed by atoms with Gasteiger partial charge in [0.1, 0.15) is 5.65 Å². The van der Waals surface area contributed by atoms with Crippen LogP contribution < -0.4 is 5.32 Å². The molecule has 158 valence electrons. The summed E-state index contributed by atoms with van der Waals surface area (Å²) in [4.78, 5) is 23.1. The Kier molecular flexibility index (Phi) is 5.29. The third kappa shape index (κ3) is 3.92. The monoisotopic (exact) mass is 438 g/mol. The molecule has 5 aromatic rings. The van der Waals surface area contributed by atoms with Crippen LogP contribution in [0.25, 0.3) is 16.2 Å². The van der Waals surface area contributed by atoms with Crippen LogP contribution in [0.15, 0.2) is 79.1 Å². The lowest BCUT2D eigenvalue weighted by Crippen LogP contribution is -2.05. The fourth-order valence-electron chi connectivity index (χ4n) is 3.77. The first kappa shape index (κ1) is 20.2. The van der Waals surface area contributed by atoms with Gasteiger partial charge in [-0.25, -0.2) is 9.97 Å². The molecular weight excluding hydrogens is 416 g/mol. The van der Waals surface area contributed by atoms with Gasteiger partial charge >= 0.3 is 0 Å². The van der Waals surface area contributed by atoms with E-state index < -0.39 is 0 Å². The Balaban J connectivity index is 1.38. The maximum atomic E-state index is 12.9. The first-order chi connectivity index (χ1) is 15.6. The lowest BCUT2D eigenvalue weighted by atomic mass is 9.99. The van der Waals surface area contributed by atoms with Crippen LogP contribution in [0, 0.1) is 13.8 Å². The zero-order valence-corrected chi connectivity index (χ0v) is 18.7. The second-order valence-electron chi connectivity index (χ2n) is 7.74. The molecule has 0 aliphatic heterocycles. The first-order valence-electron chi connectivity index (χ1n) is 10.4. The van der Waals surface area contributed by atoms with E-state index in [1.807, 2.05) is 93.0 Å². The van der Waals surface area contributed by atoms with Gasteiger partial charge < -0.3 is 5.32 Å². The molecule has 0 unspecified atom stereocenters. The molecule has 0 spiro atoms. The highest BCUT2D eigenvalue weighted by atomic mass is 32.1. The molecule has 0 fully saturated rings. The molecule has 0 saturated carbocycles. The van der Waals surface area contributed by atoms with Gasteiger partial charge in [-0.05, 0) is 49.2 Å². The smallest absolute Gasteiger partial charge is 0.188 e. The van der Waals surface area contributed by atoms with Crippen LogP contribution in [0.2, 0.25) is 0 Å². The molecule has 0 amide bonds. The molecule has 1 N–H and O–H groups in total. The number of hydrogen-bond donors (Lipinski definition) is 1. The van der Waals surface area contributed by atoms with Gasteiger partial charge in [0, 0.05) is 23.9 Å². The van der Waals surface area contributed by atoms with Gasteiger partial charge in [-0.3, -0.25) is 9.20 Å². The Labute approximate surface area is 190 Å². The number of anilines is 2. The summed E-state index contributed by atoms with van der Waals surface area (Å²) in [7, 11) is 0. The summed E-state index contributed by atoms with van der Waals surface area (Å²) in [5.41, 5.74) is 6.59. The number of aromatic nitrogens is 3. The molecule has 2 aromatic carbocycles. The molecule has 5 nitrogen and oxygen atoms in total. The average molecular weight is 439 g/mol. The zero-order chi connectivity index (χ0) is 22.1. The summed E-state index contributed by atoms with van der Waals surface area (Å²) < 4.78 is 2.06. The number of ketones is 1. The predicted molar refractivity (Wildman–Crippen MR) is 130 cm³/mol. The van der Waals surface area contributed by atoms with Crippen LogP contribution in [-0.4, -0.2) is 20.2 Å². The highest BCUT2D eigenvalue weighted by Gasteiger charge is 2.15. The SMILES string of the molecule is Cc1ccccc1CC(=O)c1cccc(Nc2nc(C)c(-c3cnc4ccccn34)s2)c1. The van der Waals surface area contributed by atoms with Gasteiger partial charge in [-0.15, -0.1) is 0 Å². The van der Waals surface area contributed by atoms with Gasteiger partial charge in [-0.1, -0.05) is 53.8 Å². The van der Waals surface area contributed by atoms with E-state index in [0.29, 0.717) is 12.0 Å². The van der Waals surface area contributed by atoms with Crippen LogP contribution >= 0.6 is 11.3 Å². The third-order valence-corrected chi connectivity index (χ3v) is 6.59. The van der Waals surface area contributed by atoms with Crippen molar-refractivity contribution in [3.63, 3.8) is 0 Å². The highest BCUT2D eigenvalue weighted by Crippen LogP contribution is 2.34. The van der Waals surface area contributed by atoms with E-state index in [4.69, 9.17) is 4.98 Å². The van der Waals surface area contributed by atoms with Gasteiger partial charge in [0.05, 0.1) is 22.5 Å². The first-order valence-corrected chi connectivity index (χ1v) is 11.2. The minimum Gasteiger partial charge on any atom is -0.332 e. The summed E-state index contributed by atoms with van der Waals surface area (Å²) in [6, 6.07) is 21.6. The fraction of sp³-hybridized carbons (Fsp3) is 0.115. The highest BCUT2D eigenvalue weighted by molar-refractivity contribution is 7.19. The van der Waals surface area contributed by atoms with Crippen molar-refractivity contribution in [3.8, 4) is 10.6 Å². The van der Waals surface area contributed by atoms with E-state index in [-0.39, 0.29) is 5.78 Å². The normalized spacial score (nSPS) is 11.1. The largest absolute Gasteiger partial charge is 0.332 e. The van der Waals surface area contributed by atoms with Crippen LogP contribution in [-0.2, 0) is 6.42 Å². The minimum atomic E-state index is 0.102. The maximum Gasteiger partial charge on any atom is 0.188 e. The van der Waals surface area contributed by atoms with Crippen molar-refractivity contribution in [1.82, 2.24) is 14.4 Å². The number of imidazole rings is 1. The molecule has 0 bridgehead atoms. The topological polar surface area (TPSA) is 59.3 Å². The Morgan fingerprint density at radius 1 is 1.03 bits per heavy atom. The van der Waals surface area contributed by atoms with E-state index in [1.165, 1.54) is 0 Å². The number of hydrogen-bond acceptors (Lipinski definition) is 5. The van der Waals surface area contributed by atoms with Gasteiger partial charge in [-0.2, -0.15) is 0 Å². The quantitative estimate of drug-likeness (QED) is 0.319. The molecular formula is C26H22N4OS. The van der Waals surface area contributed by atoms with Gasteiger partial charge in [0.2, 0.25) is 0 Å². The molecule has 3 aromatic heterocycles. The summed E-state index contributed by atoms with van der Waals surface area (Å²) in [5, 5.41) is 4.16. The Morgan fingerprint density at radius 3 is 2.75 bits per heavy atom. The molecule has 5 rings (SSSR count). The Bertz CT molecular complexity index is 1430. The van der Waals surface area contributed by atoms with Crippen molar-refractivity contribution in [2.75, 3.05) is 5.32 Å². The van der Waals surface area contributed by atoms with Crippen LogP contribution in [0.5, 0.6) is 0 Å². The number of aryl methyl sites for hydroxylation is 2. The molecule has 0 aliphatic rings. The van der Waals surface area contributed by atoms with Crippen LogP contribution in [0.3, 0.4) is 0 Å². The standard InChI is InChI=1S/C26H22N4OS/c1-17-8-3-4-9-19(17)15-23(31)20-10-7-11-21(14-20)29-26-28-18(2)25(32-26)22-16-27-24-12-5-6-13-30(22)24/h3-14,16H,15H2,1-2H3,(H,28,29). The molecule has 32 heavy (non-hydrogen) atoms. The lowest BCUT2D eigenvalue weighted by molar-refractivity contribution is 0.0993. The number of fused-ring (bicyclic) bond motifs is 1. The number of thiazole rings is 1. The van der Waals surface area contributed by atoms with Crippen molar-refractivity contribution in [2.24, 2.45) is 0 Å². The average Bonchev–Trinajstić information content (AvgIpc) is 3.38. The minimum absolute atomic E-state index is 0.102. The molecule has 0 aliphatic carbocycles. The number of nitrogens with one attached hydrogen (secondary N) is 1. The number of Topliss-reactive ketones (excluding diaryl/α,β-unsaturated/α-hetero) is 1. The van der Waals surface area contributed by atoms with Crippen LogP contribution in [0.4, 0.5) is 10.8 Å². The van der Waals surface area contributed by atoms with E-state index >= 15 is 0 Å². The summed E-state index contributed by atoms with van der Waals surface area (Å²) >= 11 is 1.58. The van der Waals surface area contributed by atoms with E-state index in [2.05, 4.69) is 14.7 Å². The molecule has 0 saturated heterocycles. The summed E-state index contributed by atoms with van der Waals surface area (Å²) in [5.74, 6) is 0.102. The van der Waals surface area contributed by atoms with E-state index in [9.17, 15) is 4.79 Å². The third-order valence-electron chi connectivity index (χ3n) is 5.49. The Hall–Kier alpha value is -3.77. The van der Waals surface area contributed by atoms with Crippen molar-refractivity contribution in [3.05, 3.63) is 102 Å². The fourth-order valence-corrected chi connectivity index (χ4v) is 4.76. The summed E-state index contributed by atoms with van der Waals surface area (Å²) in [6.07, 6.45) is 4.28. The van der Waals surface area contributed by atoms with Crippen molar-refractivity contribution in [2.45, 2.75) is 20.3 Å². The maximum absolute atomic E-state index is 12.9. The van der Waals surface area contributed by atoms with Gasteiger partial charge in [0.15, 0.2) is 10.9 Å². The predicted octanol–water partition coefficient (Wildman–Crippen LogP) is 6.24. The Morgan fingerprint density at radius 2 is 1.88 bits per heavy atom. The van der Waals surface area contributed by atoms with E-state index in [0.717, 1.165) is 43.9 Å². The van der Waals surface area contributed by atoms with Crippen molar-refractivity contribution in [1.29, 1.82) is 0 Å². The molecule has 0 atom stereocenters. The number of pyridine rings is 1. The molecule has 3 heterocycles. The zero-order valence-electron chi connectivity index (χ0n) is 17.9. The van der Waals surface area contributed by atoms with Crippen LogP contribution in [0.1, 0.15) is 27.2 Å². The second-order valence-corrected chi connectivity index (χ2v) is 8.74. The summed E-state index contributed by atoms with van der Waals surface area (Å²) in [6.45, 7) is 4.04. The van der Waals surface area contributed by atoms with Crippen molar-refractivity contribution < 1.29 is 4.79 Å². The lowest BCUT2D eigenvalue weighted by Gasteiger charge is -2.07. The number of carbonyl (C=O) groups excluding carboxylic acids is 1. The number of benzene rings is 2. The van der Waals surface area contributed by atoms with Crippen molar-refractivity contribution >= 4 is 33.6 Å².